The lowest BCUT2D eigenvalue weighted by molar-refractivity contribution is -0.111. The van der Waals surface area contributed by atoms with Crippen molar-refractivity contribution in [3.63, 3.8) is 0 Å². The van der Waals surface area contributed by atoms with Crippen LogP contribution in [0, 0.1) is 13.8 Å². The number of nitrogens with one attached hydrogen (secondary N) is 1. The van der Waals surface area contributed by atoms with Gasteiger partial charge in [0.1, 0.15) is 0 Å². The minimum atomic E-state index is -0.103. The summed E-state index contributed by atoms with van der Waals surface area (Å²) >= 11 is 1.61. The molecule has 0 saturated carbocycles. The van der Waals surface area contributed by atoms with E-state index in [0.29, 0.717) is 0 Å². The van der Waals surface area contributed by atoms with E-state index in [0.717, 1.165) is 21.7 Å². The predicted octanol–water partition coefficient (Wildman–Crippen LogP) is 4.02. The molecule has 18 heavy (non-hydrogen) atoms. The second-order valence-corrected chi connectivity index (χ2v) is 5.19. The third-order valence-electron chi connectivity index (χ3n) is 2.43. The number of carbonyl (C=O) groups excluding carboxylic acids is 1. The van der Waals surface area contributed by atoms with Crippen molar-refractivity contribution in [2.24, 2.45) is 0 Å². The van der Waals surface area contributed by atoms with E-state index in [-0.39, 0.29) is 5.91 Å². The van der Waals surface area contributed by atoms with E-state index >= 15 is 0 Å². The highest BCUT2D eigenvalue weighted by Gasteiger charge is 1.99. The fourth-order valence-corrected chi connectivity index (χ4v) is 2.39. The lowest BCUT2D eigenvalue weighted by Gasteiger charge is -2.05. The molecule has 1 amide bonds. The van der Waals surface area contributed by atoms with Crippen LogP contribution in [0.3, 0.4) is 0 Å². The van der Waals surface area contributed by atoms with Crippen LogP contribution in [0.25, 0.3) is 6.08 Å². The van der Waals surface area contributed by atoms with Crippen LogP contribution >= 0.6 is 11.3 Å². The Hall–Kier alpha value is -1.87. The Morgan fingerprint density at radius 2 is 1.94 bits per heavy atom. The standard InChI is InChI=1S/C15H15NOS/c1-11-8-12(2)10-13(9-11)16-15(17)6-5-14-4-3-7-18-14/h3-10H,1-2H3,(H,16,17)/b6-5+. The molecule has 2 rings (SSSR count). The van der Waals surface area contributed by atoms with E-state index in [1.54, 1.807) is 17.4 Å². The largest absolute Gasteiger partial charge is 0.322 e. The van der Waals surface area contributed by atoms with E-state index < -0.39 is 0 Å². The van der Waals surface area contributed by atoms with Crippen LogP contribution in [0.1, 0.15) is 16.0 Å². The van der Waals surface area contributed by atoms with Gasteiger partial charge >= 0.3 is 0 Å². The predicted molar refractivity (Wildman–Crippen MR) is 77.9 cm³/mol. The topological polar surface area (TPSA) is 29.1 Å². The van der Waals surface area contributed by atoms with Gasteiger partial charge in [0.05, 0.1) is 0 Å². The van der Waals surface area contributed by atoms with Crippen molar-refractivity contribution in [3.8, 4) is 0 Å². The fraction of sp³-hybridized carbons (Fsp3) is 0.133. The summed E-state index contributed by atoms with van der Waals surface area (Å²) in [4.78, 5) is 12.8. The first-order valence-corrected chi connectivity index (χ1v) is 6.62. The molecule has 0 bridgehead atoms. The number of benzene rings is 1. The van der Waals surface area contributed by atoms with Gasteiger partial charge in [-0.1, -0.05) is 12.1 Å². The van der Waals surface area contributed by atoms with Crippen molar-refractivity contribution >= 4 is 29.0 Å². The first-order valence-electron chi connectivity index (χ1n) is 5.74. The Labute approximate surface area is 111 Å². The van der Waals surface area contributed by atoms with Crippen molar-refractivity contribution in [1.29, 1.82) is 0 Å². The molecular weight excluding hydrogens is 242 g/mol. The maximum absolute atomic E-state index is 11.7. The third-order valence-corrected chi connectivity index (χ3v) is 3.27. The first-order chi connectivity index (χ1) is 8.63. The van der Waals surface area contributed by atoms with Gasteiger partial charge in [0.2, 0.25) is 5.91 Å². The molecule has 0 fully saturated rings. The van der Waals surface area contributed by atoms with Gasteiger partial charge in [-0.25, -0.2) is 0 Å². The molecule has 2 aromatic rings. The molecular formula is C15H15NOS. The van der Waals surface area contributed by atoms with Crippen LogP contribution in [-0.4, -0.2) is 5.91 Å². The van der Waals surface area contributed by atoms with Gasteiger partial charge < -0.3 is 5.32 Å². The van der Waals surface area contributed by atoms with Crippen LogP contribution in [-0.2, 0) is 4.79 Å². The number of hydrogen-bond donors (Lipinski definition) is 1. The first kappa shape index (κ1) is 12.6. The summed E-state index contributed by atoms with van der Waals surface area (Å²) in [5, 5.41) is 4.85. The van der Waals surface area contributed by atoms with Gasteiger partial charge in [-0.05, 0) is 54.6 Å². The van der Waals surface area contributed by atoms with Gasteiger partial charge in [-0.2, -0.15) is 0 Å². The minimum absolute atomic E-state index is 0.103. The molecule has 0 saturated heterocycles. The SMILES string of the molecule is Cc1cc(C)cc(NC(=O)/C=C/c2cccs2)c1. The van der Waals surface area contributed by atoms with E-state index in [1.807, 2.05) is 49.6 Å². The number of carbonyl (C=O) groups is 1. The highest BCUT2D eigenvalue weighted by atomic mass is 32.1. The maximum Gasteiger partial charge on any atom is 0.248 e. The van der Waals surface area contributed by atoms with Crippen LogP contribution < -0.4 is 5.32 Å². The number of anilines is 1. The van der Waals surface area contributed by atoms with Gasteiger partial charge in [-0.15, -0.1) is 11.3 Å². The summed E-state index contributed by atoms with van der Waals surface area (Å²) in [5.74, 6) is -0.103. The average Bonchev–Trinajstić information content (AvgIpc) is 2.77. The molecule has 2 nitrogen and oxygen atoms in total. The Bertz CT molecular complexity index is 550. The van der Waals surface area contributed by atoms with Crippen molar-refractivity contribution in [1.82, 2.24) is 0 Å². The summed E-state index contributed by atoms with van der Waals surface area (Å²) < 4.78 is 0. The maximum atomic E-state index is 11.7. The van der Waals surface area contributed by atoms with E-state index in [1.165, 1.54) is 0 Å². The minimum Gasteiger partial charge on any atom is -0.322 e. The van der Waals surface area contributed by atoms with Crippen molar-refractivity contribution in [3.05, 3.63) is 57.8 Å². The third kappa shape index (κ3) is 3.57. The van der Waals surface area contributed by atoms with Gasteiger partial charge in [0.25, 0.3) is 0 Å². The summed E-state index contributed by atoms with van der Waals surface area (Å²) in [7, 11) is 0. The lowest BCUT2D eigenvalue weighted by Crippen LogP contribution is -2.07. The van der Waals surface area contributed by atoms with E-state index in [4.69, 9.17) is 0 Å². The Balaban J connectivity index is 2.03. The zero-order valence-corrected chi connectivity index (χ0v) is 11.3. The Kier molecular flexibility index (Phi) is 3.95. The molecule has 3 heteroatoms. The highest BCUT2D eigenvalue weighted by Crippen LogP contribution is 2.14. The number of hydrogen-bond acceptors (Lipinski definition) is 2. The summed E-state index contributed by atoms with van der Waals surface area (Å²) in [5.41, 5.74) is 3.13. The molecule has 0 radical (unpaired) electrons. The zero-order valence-electron chi connectivity index (χ0n) is 10.4. The van der Waals surface area contributed by atoms with Crippen LogP contribution in [0.4, 0.5) is 5.69 Å². The zero-order chi connectivity index (χ0) is 13.0. The van der Waals surface area contributed by atoms with Crippen molar-refractivity contribution in [2.75, 3.05) is 5.32 Å². The molecule has 0 aliphatic heterocycles. The average molecular weight is 257 g/mol. The highest BCUT2D eigenvalue weighted by molar-refractivity contribution is 7.10. The number of rotatable bonds is 3. The molecule has 92 valence electrons. The number of amides is 1. The second-order valence-electron chi connectivity index (χ2n) is 4.21. The fourth-order valence-electron chi connectivity index (χ4n) is 1.77. The normalized spacial score (nSPS) is 10.8. The molecule has 0 aliphatic rings. The lowest BCUT2D eigenvalue weighted by atomic mass is 10.1. The molecule has 0 spiro atoms. The van der Waals surface area contributed by atoms with Crippen LogP contribution in [0.2, 0.25) is 0 Å². The Morgan fingerprint density at radius 3 is 2.56 bits per heavy atom. The molecule has 0 aliphatic carbocycles. The molecule has 0 atom stereocenters. The Morgan fingerprint density at radius 1 is 1.22 bits per heavy atom. The number of thiophene rings is 1. The molecule has 1 heterocycles. The summed E-state index contributed by atoms with van der Waals surface area (Å²) in [6.45, 7) is 4.04. The monoisotopic (exact) mass is 257 g/mol. The van der Waals surface area contributed by atoms with E-state index in [2.05, 4.69) is 11.4 Å². The van der Waals surface area contributed by atoms with Crippen molar-refractivity contribution in [2.45, 2.75) is 13.8 Å². The molecule has 0 unspecified atom stereocenters. The van der Waals surface area contributed by atoms with Gasteiger partial charge in [0, 0.05) is 16.6 Å². The molecule has 1 aromatic carbocycles. The molecule has 1 aromatic heterocycles. The van der Waals surface area contributed by atoms with E-state index in [9.17, 15) is 4.79 Å². The smallest absolute Gasteiger partial charge is 0.248 e. The summed E-state index contributed by atoms with van der Waals surface area (Å²) in [6.07, 6.45) is 3.38. The summed E-state index contributed by atoms with van der Waals surface area (Å²) in [6, 6.07) is 9.95. The quantitative estimate of drug-likeness (QED) is 0.827. The van der Waals surface area contributed by atoms with Crippen molar-refractivity contribution < 1.29 is 4.79 Å². The van der Waals surface area contributed by atoms with Crippen LogP contribution in [0.15, 0.2) is 41.8 Å². The second kappa shape index (κ2) is 5.65. The molecule has 1 N–H and O–H groups in total. The van der Waals surface area contributed by atoms with Gasteiger partial charge in [-0.3, -0.25) is 4.79 Å². The van der Waals surface area contributed by atoms with Crippen LogP contribution in [0.5, 0.6) is 0 Å². The van der Waals surface area contributed by atoms with Gasteiger partial charge in [0.15, 0.2) is 0 Å². The number of aryl methyl sites for hydroxylation is 2.